The van der Waals surface area contributed by atoms with Crippen molar-refractivity contribution in [1.82, 2.24) is 0 Å². The summed E-state index contributed by atoms with van der Waals surface area (Å²) < 4.78 is 18.8. The van der Waals surface area contributed by atoms with E-state index in [4.69, 9.17) is 4.74 Å². The van der Waals surface area contributed by atoms with Crippen LogP contribution in [0.2, 0.25) is 0 Å². The largest absolute Gasteiger partial charge is 0.380 e. The van der Waals surface area contributed by atoms with E-state index in [1.165, 1.54) is 12.1 Å². The van der Waals surface area contributed by atoms with Crippen LogP contribution in [0.5, 0.6) is 0 Å². The monoisotopic (exact) mass is 273 g/mol. The van der Waals surface area contributed by atoms with E-state index >= 15 is 0 Å². The lowest BCUT2D eigenvalue weighted by Crippen LogP contribution is -2.14. The van der Waals surface area contributed by atoms with Gasteiger partial charge in [0.25, 0.3) is 5.91 Å². The highest BCUT2D eigenvalue weighted by atomic mass is 19.1. The average Bonchev–Trinajstić information content (AvgIpc) is 2.39. The molecule has 0 saturated carbocycles. The topological polar surface area (TPSA) is 38.3 Å². The summed E-state index contributed by atoms with van der Waals surface area (Å²) in [5.74, 6) is -0.979. The number of nitrogens with one attached hydrogen (secondary N) is 1. The van der Waals surface area contributed by atoms with Crippen LogP contribution in [-0.4, -0.2) is 13.0 Å². The molecule has 0 aliphatic carbocycles. The Morgan fingerprint density at radius 1 is 1.25 bits per heavy atom. The van der Waals surface area contributed by atoms with E-state index in [1.54, 1.807) is 32.2 Å². The van der Waals surface area contributed by atoms with Crippen LogP contribution in [0.15, 0.2) is 42.5 Å². The Labute approximate surface area is 117 Å². The molecule has 20 heavy (non-hydrogen) atoms. The zero-order valence-electron chi connectivity index (χ0n) is 11.4. The van der Waals surface area contributed by atoms with Crippen molar-refractivity contribution in [3.05, 3.63) is 65.0 Å². The van der Waals surface area contributed by atoms with Crippen molar-refractivity contribution in [3.8, 4) is 0 Å². The van der Waals surface area contributed by atoms with E-state index in [1.807, 2.05) is 12.1 Å². The number of amides is 1. The van der Waals surface area contributed by atoms with Crippen molar-refractivity contribution in [1.29, 1.82) is 0 Å². The number of hydrogen-bond acceptors (Lipinski definition) is 2. The molecule has 1 N–H and O–H groups in total. The molecule has 0 saturated heterocycles. The van der Waals surface area contributed by atoms with Gasteiger partial charge in [-0.2, -0.15) is 0 Å². The van der Waals surface area contributed by atoms with Gasteiger partial charge in [0.15, 0.2) is 0 Å². The van der Waals surface area contributed by atoms with Crippen molar-refractivity contribution < 1.29 is 13.9 Å². The second kappa shape index (κ2) is 6.30. The molecule has 0 aliphatic rings. The maximum Gasteiger partial charge on any atom is 0.258 e. The van der Waals surface area contributed by atoms with E-state index in [0.717, 1.165) is 11.1 Å². The van der Waals surface area contributed by atoms with Gasteiger partial charge in [-0.05, 0) is 42.3 Å². The van der Waals surface area contributed by atoms with Gasteiger partial charge in [-0.15, -0.1) is 0 Å². The number of rotatable bonds is 4. The molecule has 0 heterocycles. The Hall–Kier alpha value is -2.20. The summed E-state index contributed by atoms with van der Waals surface area (Å²) in [6.45, 7) is 2.24. The number of carbonyl (C=O) groups excluding carboxylic acids is 1. The van der Waals surface area contributed by atoms with Gasteiger partial charge < -0.3 is 10.1 Å². The molecule has 0 aromatic heterocycles. The number of aryl methyl sites for hydroxylation is 1. The van der Waals surface area contributed by atoms with Gasteiger partial charge in [-0.3, -0.25) is 4.79 Å². The normalized spacial score (nSPS) is 10.3. The van der Waals surface area contributed by atoms with E-state index in [0.29, 0.717) is 12.3 Å². The fourth-order valence-electron chi connectivity index (χ4n) is 1.91. The first-order valence-corrected chi connectivity index (χ1v) is 6.25. The maximum absolute atomic E-state index is 13.7. The first-order chi connectivity index (χ1) is 9.60. The van der Waals surface area contributed by atoms with Gasteiger partial charge in [0.2, 0.25) is 0 Å². The number of anilines is 1. The van der Waals surface area contributed by atoms with Crippen LogP contribution in [0, 0.1) is 12.7 Å². The van der Waals surface area contributed by atoms with Crippen molar-refractivity contribution >= 4 is 11.6 Å². The Bertz CT molecular complexity index is 626. The molecule has 2 aromatic carbocycles. The Kier molecular flexibility index (Phi) is 4.48. The predicted octanol–water partition coefficient (Wildman–Crippen LogP) is 3.53. The number of hydrogen-bond donors (Lipinski definition) is 1. The summed E-state index contributed by atoms with van der Waals surface area (Å²) in [4.78, 5) is 12.0. The predicted molar refractivity (Wildman–Crippen MR) is 76.2 cm³/mol. The second-order valence-electron chi connectivity index (χ2n) is 4.57. The molecule has 0 radical (unpaired) electrons. The van der Waals surface area contributed by atoms with Crippen LogP contribution < -0.4 is 5.32 Å². The second-order valence-corrected chi connectivity index (χ2v) is 4.57. The number of halogens is 1. The SMILES string of the molecule is COCc1cccc(NC(=O)c2ccc(C)cc2F)c1. The van der Waals surface area contributed by atoms with Crippen molar-refractivity contribution in [2.45, 2.75) is 13.5 Å². The lowest BCUT2D eigenvalue weighted by atomic mass is 10.1. The molecule has 4 heteroatoms. The molecule has 0 bridgehead atoms. The summed E-state index contributed by atoms with van der Waals surface area (Å²) in [6, 6.07) is 11.8. The molecule has 0 unspecified atom stereocenters. The molecule has 1 amide bonds. The first-order valence-electron chi connectivity index (χ1n) is 6.25. The summed E-state index contributed by atoms with van der Waals surface area (Å²) in [5.41, 5.74) is 2.37. The Balaban J connectivity index is 2.17. The summed E-state index contributed by atoms with van der Waals surface area (Å²) in [6.07, 6.45) is 0. The maximum atomic E-state index is 13.7. The Morgan fingerprint density at radius 2 is 2.05 bits per heavy atom. The fourth-order valence-corrected chi connectivity index (χ4v) is 1.91. The highest BCUT2D eigenvalue weighted by molar-refractivity contribution is 6.04. The first kappa shape index (κ1) is 14.2. The minimum atomic E-state index is -0.518. The highest BCUT2D eigenvalue weighted by Crippen LogP contribution is 2.15. The van der Waals surface area contributed by atoms with Gasteiger partial charge in [-0.25, -0.2) is 4.39 Å². The molecule has 0 atom stereocenters. The molecule has 0 aliphatic heterocycles. The number of methoxy groups -OCH3 is 1. The third kappa shape index (κ3) is 3.42. The molecule has 0 spiro atoms. The van der Waals surface area contributed by atoms with Gasteiger partial charge in [-0.1, -0.05) is 18.2 Å². The van der Waals surface area contributed by atoms with Gasteiger partial charge in [0, 0.05) is 12.8 Å². The number of carbonyl (C=O) groups is 1. The van der Waals surface area contributed by atoms with E-state index < -0.39 is 11.7 Å². The lowest BCUT2D eigenvalue weighted by Gasteiger charge is -2.08. The molecule has 104 valence electrons. The quantitative estimate of drug-likeness (QED) is 0.925. The average molecular weight is 273 g/mol. The minimum absolute atomic E-state index is 0.0349. The molecular formula is C16H16FNO2. The van der Waals surface area contributed by atoms with Crippen LogP contribution in [0.25, 0.3) is 0 Å². The van der Waals surface area contributed by atoms with Crippen molar-refractivity contribution in [2.75, 3.05) is 12.4 Å². The van der Waals surface area contributed by atoms with Crippen LogP contribution in [0.4, 0.5) is 10.1 Å². The van der Waals surface area contributed by atoms with Gasteiger partial charge in [0.1, 0.15) is 5.82 Å². The zero-order valence-corrected chi connectivity index (χ0v) is 11.4. The summed E-state index contributed by atoms with van der Waals surface area (Å²) in [7, 11) is 1.60. The minimum Gasteiger partial charge on any atom is -0.380 e. The van der Waals surface area contributed by atoms with Gasteiger partial charge in [0.05, 0.1) is 12.2 Å². The molecular weight excluding hydrogens is 257 g/mol. The molecule has 2 aromatic rings. The molecule has 3 nitrogen and oxygen atoms in total. The standard InChI is InChI=1S/C16H16FNO2/c1-11-6-7-14(15(17)8-11)16(19)18-13-5-3-4-12(9-13)10-20-2/h3-9H,10H2,1-2H3,(H,18,19). The number of benzene rings is 2. The molecule has 0 fully saturated rings. The van der Waals surface area contributed by atoms with E-state index in [9.17, 15) is 9.18 Å². The van der Waals surface area contributed by atoms with E-state index in [-0.39, 0.29) is 5.56 Å². The van der Waals surface area contributed by atoms with Crippen LogP contribution in [0.1, 0.15) is 21.5 Å². The van der Waals surface area contributed by atoms with Crippen LogP contribution >= 0.6 is 0 Å². The summed E-state index contributed by atoms with van der Waals surface area (Å²) >= 11 is 0. The molecule has 2 rings (SSSR count). The third-order valence-electron chi connectivity index (χ3n) is 2.87. The number of ether oxygens (including phenoxy) is 1. The highest BCUT2D eigenvalue weighted by Gasteiger charge is 2.11. The Morgan fingerprint density at radius 3 is 2.75 bits per heavy atom. The fraction of sp³-hybridized carbons (Fsp3) is 0.188. The lowest BCUT2D eigenvalue weighted by molar-refractivity contribution is 0.102. The third-order valence-corrected chi connectivity index (χ3v) is 2.87. The van der Waals surface area contributed by atoms with E-state index in [2.05, 4.69) is 5.32 Å². The summed E-state index contributed by atoms with van der Waals surface area (Å²) in [5, 5.41) is 2.68. The zero-order chi connectivity index (χ0) is 14.5. The van der Waals surface area contributed by atoms with Crippen molar-refractivity contribution in [3.63, 3.8) is 0 Å². The van der Waals surface area contributed by atoms with Crippen LogP contribution in [-0.2, 0) is 11.3 Å². The van der Waals surface area contributed by atoms with Crippen molar-refractivity contribution in [2.24, 2.45) is 0 Å². The smallest absolute Gasteiger partial charge is 0.258 e. The van der Waals surface area contributed by atoms with Crippen LogP contribution in [0.3, 0.4) is 0 Å². The van der Waals surface area contributed by atoms with Gasteiger partial charge >= 0.3 is 0 Å².